The van der Waals surface area contributed by atoms with Gasteiger partial charge in [-0.25, -0.2) is 9.59 Å². The minimum absolute atomic E-state index is 0.0134. The lowest BCUT2D eigenvalue weighted by Gasteiger charge is -2.17. The highest BCUT2D eigenvalue weighted by molar-refractivity contribution is 6.01. The van der Waals surface area contributed by atoms with E-state index in [1.54, 1.807) is 106 Å². The first-order valence-electron chi connectivity index (χ1n) is 24.1. The first-order chi connectivity index (χ1) is 36.9. The highest BCUT2D eigenvalue weighted by Crippen LogP contribution is 2.26. The number of nitrogens with zero attached hydrogens (tertiary/aromatic N) is 4. The molecule has 2 aromatic heterocycles. The van der Waals surface area contributed by atoms with Gasteiger partial charge in [-0.1, -0.05) is 90.0 Å². The summed E-state index contributed by atoms with van der Waals surface area (Å²) in [7, 11) is 6.84. The lowest BCUT2D eigenvalue weighted by molar-refractivity contribution is -0.174. The number of rotatable bonds is 13. The molecule has 3 N–H and O–H groups in total. The number of ether oxygens (including phenoxy) is 2. The SMILES string of the molecule is CNC(=O)c1ccc(-c2ccc(OC(=O)N(C)Cc3cccc(-c4ccncc4)c3)cc2)cc1.CNC(=O)c1ccc(-c2ccc(OC(=O)ON3C(=O)CCC3=O)cc2)cc1.CNCc1cccc(-c2ccncc2)c1. The van der Waals surface area contributed by atoms with Gasteiger partial charge < -0.3 is 30.3 Å². The van der Waals surface area contributed by atoms with E-state index in [4.69, 9.17) is 9.47 Å². The molecule has 0 spiro atoms. The number of pyridine rings is 2. The molecule has 16 heteroatoms. The van der Waals surface area contributed by atoms with Gasteiger partial charge in [-0.05, 0) is 148 Å². The van der Waals surface area contributed by atoms with E-state index in [0.717, 1.165) is 45.5 Å². The number of nitrogens with one attached hydrogen (secondary N) is 3. The van der Waals surface area contributed by atoms with Crippen molar-refractivity contribution in [3.05, 3.63) is 217 Å². The Balaban J connectivity index is 0.000000178. The van der Waals surface area contributed by atoms with E-state index in [1.165, 1.54) is 21.6 Å². The Labute approximate surface area is 440 Å². The number of carbonyl (C=O) groups is 6. The van der Waals surface area contributed by atoms with Gasteiger partial charge in [-0.15, -0.1) is 0 Å². The second kappa shape index (κ2) is 26.8. The molecule has 0 aliphatic carbocycles. The summed E-state index contributed by atoms with van der Waals surface area (Å²) in [6.45, 7) is 1.33. The van der Waals surface area contributed by atoms with Crippen molar-refractivity contribution in [3.63, 3.8) is 0 Å². The Kier molecular flexibility index (Phi) is 19.0. The Morgan fingerprint density at radius 3 is 1.33 bits per heavy atom. The summed E-state index contributed by atoms with van der Waals surface area (Å²) < 4.78 is 10.5. The Morgan fingerprint density at radius 1 is 0.500 bits per heavy atom. The summed E-state index contributed by atoms with van der Waals surface area (Å²) in [6, 6.07) is 52.8. The molecule has 76 heavy (non-hydrogen) atoms. The van der Waals surface area contributed by atoms with Crippen LogP contribution in [0.4, 0.5) is 9.59 Å². The van der Waals surface area contributed by atoms with Gasteiger partial charge in [0.25, 0.3) is 23.6 Å². The third kappa shape index (κ3) is 15.1. The summed E-state index contributed by atoms with van der Waals surface area (Å²) in [5.41, 5.74) is 11.7. The monoisotopic (exact) mass is 1020 g/mol. The van der Waals surface area contributed by atoms with Gasteiger partial charge >= 0.3 is 12.2 Å². The second-order valence-electron chi connectivity index (χ2n) is 17.0. The summed E-state index contributed by atoms with van der Waals surface area (Å²) in [5.74, 6) is -0.779. The zero-order chi connectivity index (χ0) is 53.8. The molecule has 384 valence electrons. The predicted octanol–water partition coefficient (Wildman–Crippen LogP) is 10.2. The molecule has 1 saturated heterocycles. The van der Waals surface area contributed by atoms with Crippen LogP contribution in [0.3, 0.4) is 0 Å². The van der Waals surface area contributed by atoms with Crippen molar-refractivity contribution < 1.29 is 43.1 Å². The van der Waals surface area contributed by atoms with Crippen molar-refractivity contribution in [2.75, 3.05) is 28.2 Å². The summed E-state index contributed by atoms with van der Waals surface area (Å²) >= 11 is 0. The Hall–Kier alpha value is -9.80. The number of benzene rings is 6. The zero-order valence-corrected chi connectivity index (χ0v) is 42.3. The highest BCUT2D eigenvalue weighted by atomic mass is 16.8. The van der Waals surface area contributed by atoms with Crippen LogP contribution in [0.1, 0.15) is 44.7 Å². The average molecular weight is 1020 g/mol. The zero-order valence-electron chi connectivity index (χ0n) is 42.3. The second-order valence-corrected chi connectivity index (χ2v) is 17.0. The molecule has 0 atom stereocenters. The van der Waals surface area contributed by atoms with Gasteiger partial charge in [0.05, 0.1) is 0 Å². The van der Waals surface area contributed by atoms with Gasteiger partial charge in [0, 0.05) is 83.0 Å². The smallest absolute Gasteiger partial charge is 0.410 e. The van der Waals surface area contributed by atoms with Gasteiger partial charge in [-0.2, -0.15) is 0 Å². The van der Waals surface area contributed by atoms with Crippen molar-refractivity contribution in [1.82, 2.24) is 35.9 Å². The summed E-state index contributed by atoms with van der Waals surface area (Å²) in [4.78, 5) is 84.6. The van der Waals surface area contributed by atoms with Crippen LogP contribution in [-0.2, 0) is 27.5 Å². The molecule has 16 nitrogen and oxygen atoms in total. The van der Waals surface area contributed by atoms with Crippen molar-refractivity contribution in [2.24, 2.45) is 0 Å². The standard InChI is InChI=1S/C28H25N3O3.C19H16N2O6.C13H14N2/c1-29-27(32)24-8-6-21(7-9-24)22-10-12-26(13-11-22)34-28(33)31(2)19-20-4-3-5-25(18-20)23-14-16-30-17-15-23;1-20-18(24)14-4-2-12(3-5-14)13-6-8-15(9-7-13)26-19(25)27-21-16(22)10-11-17(21)23;1-14-10-11-3-2-4-13(9-11)12-5-7-15-8-6-12/h3-18H,19H2,1-2H3,(H,29,32);2-9H,10-11H2,1H3,(H,20,24);2-9,14H,10H2,1H3. The van der Waals surface area contributed by atoms with Gasteiger partial charge in [0.15, 0.2) is 0 Å². The Bertz CT molecular complexity index is 3230. The maximum Gasteiger partial charge on any atom is 0.539 e. The molecular weight excluding hydrogens is 963 g/mol. The molecule has 1 aliphatic rings. The molecule has 5 amide bonds. The first kappa shape index (κ1) is 54.0. The molecule has 0 bridgehead atoms. The fourth-order valence-electron chi connectivity index (χ4n) is 7.71. The Morgan fingerprint density at radius 2 is 0.895 bits per heavy atom. The van der Waals surface area contributed by atoms with Crippen molar-refractivity contribution in [3.8, 4) is 56.0 Å². The van der Waals surface area contributed by atoms with Crippen LogP contribution in [0.25, 0.3) is 44.5 Å². The molecule has 6 aromatic carbocycles. The topological polar surface area (TPSA) is 198 Å². The fraction of sp³-hybridized carbons (Fsp3) is 0.133. The van der Waals surface area contributed by atoms with Crippen molar-refractivity contribution in [1.29, 1.82) is 0 Å². The maximum atomic E-state index is 12.6. The minimum Gasteiger partial charge on any atom is -0.410 e. The van der Waals surface area contributed by atoms with E-state index >= 15 is 0 Å². The quantitative estimate of drug-likeness (QED) is 0.0562. The molecule has 0 radical (unpaired) electrons. The van der Waals surface area contributed by atoms with Crippen LogP contribution in [0.15, 0.2) is 195 Å². The number of imide groups is 1. The number of aromatic nitrogens is 2. The van der Waals surface area contributed by atoms with Crippen LogP contribution in [0.5, 0.6) is 11.5 Å². The van der Waals surface area contributed by atoms with E-state index in [0.29, 0.717) is 28.5 Å². The first-order valence-corrected chi connectivity index (χ1v) is 24.1. The predicted molar refractivity (Wildman–Crippen MR) is 288 cm³/mol. The number of carbonyl (C=O) groups excluding carboxylic acids is 6. The van der Waals surface area contributed by atoms with Crippen LogP contribution in [0, 0.1) is 0 Å². The van der Waals surface area contributed by atoms with Crippen LogP contribution >= 0.6 is 0 Å². The number of hydroxylamine groups is 2. The third-order valence-electron chi connectivity index (χ3n) is 11.7. The number of hydrogen-bond donors (Lipinski definition) is 3. The van der Waals surface area contributed by atoms with Gasteiger partial charge in [0.1, 0.15) is 11.5 Å². The summed E-state index contributed by atoms with van der Waals surface area (Å²) in [6.07, 6.45) is 5.59. The molecule has 8 aromatic rings. The minimum atomic E-state index is -1.17. The van der Waals surface area contributed by atoms with Crippen molar-refractivity contribution >= 4 is 35.9 Å². The van der Waals surface area contributed by atoms with E-state index in [2.05, 4.69) is 61.1 Å². The van der Waals surface area contributed by atoms with Gasteiger partial charge in [0.2, 0.25) is 0 Å². The molecule has 1 fully saturated rings. The lowest BCUT2D eigenvalue weighted by atomic mass is 10.0. The normalized spacial score (nSPS) is 11.4. The van der Waals surface area contributed by atoms with E-state index in [1.807, 2.05) is 86.2 Å². The van der Waals surface area contributed by atoms with E-state index in [-0.39, 0.29) is 30.4 Å². The summed E-state index contributed by atoms with van der Waals surface area (Å²) in [5, 5.41) is 8.73. The lowest BCUT2D eigenvalue weighted by Crippen LogP contribution is -2.33. The number of hydrogen-bond acceptors (Lipinski definition) is 12. The molecule has 1 aliphatic heterocycles. The number of amides is 5. The molecule has 3 heterocycles. The van der Waals surface area contributed by atoms with Crippen LogP contribution in [-0.4, -0.2) is 84.0 Å². The van der Waals surface area contributed by atoms with E-state index < -0.39 is 24.1 Å². The molecular formula is C60H55N7O9. The average Bonchev–Trinajstić information content (AvgIpc) is 3.78. The maximum absolute atomic E-state index is 12.6. The fourth-order valence-corrected chi connectivity index (χ4v) is 7.71. The molecule has 0 saturated carbocycles. The van der Waals surface area contributed by atoms with Gasteiger partial charge in [-0.3, -0.25) is 34.0 Å². The van der Waals surface area contributed by atoms with Crippen LogP contribution in [0.2, 0.25) is 0 Å². The highest BCUT2D eigenvalue weighted by Gasteiger charge is 2.33. The largest absolute Gasteiger partial charge is 0.539 e. The molecule has 9 rings (SSSR count). The van der Waals surface area contributed by atoms with Crippen LogP contribution < -0.4 is 25.4 Å². The third-order valence-corrected chi connectivity index (χ3v) is 11.7. The van der Waals surface area contributed by atoms with Crippen molar-refractivity contribution in [2.45, 2.75) is 25.9 Å². The van der Waals surface area contributed by atoms with E-state index in [9.17, 15) is 28.8 Å². The molecule has 0 unspecified atom stereocenters.